The maximum Gasteiger partial charge on any atom is 0.317 e. The van der Waals surface area contributed by atoms with Crippen LogP contribution in [0, 0.1) is 0 Å². The summed E-state index contributed by atoms with van der Waals surface area (Å²) < 4.78 is 1.19. The molecule has 1 aromatic rings. The van der Waals surface area contributed by atoms with E-state index in [9.17, 15) is 4.79 Å². The van der Waals surface area contributed by atoms with Crippen LogP contribution in [0.4, 0.5) is 4.79 Å². The summed E-state index contributed by atoms with van der Waals surface area (Å²) in [4.78, 5) is 17.1. The molecule has 0 bridgehead atoms. The standard InChI is InChI=1S/C24H32BrClN4O/c1-15-20(25)14-17-6-5-16-13-18(26)7-8-19(16)22(21(17)27-15)29-9-11-30(12-10-29)23(31)28-24(2,3)4/h7-8,13-15,22,27H,5-6,9-12H2,1-4H3,(H,28,31). The average Bonchev–Trinajstić information content (AvgIpc) is 2.84. The van der Waals surface area contributed by atoms with Crippen molar-refractivity contribution in [2.45, 2.75) is 58.2 Å². The minimum absolute atomic E-state index is 0.0244. The SMILES string of the molecule is CC1NC2=C(C=C1Br)CCc1cc(Cl)ccc1C2N1CCN(C(=O)NC(C)(C)C)CC1. The van der Waals surface area contributed by atoms with E-state index in [1.54, 1.807) is 0 Å². The Morgan fingerprint density at radius 2 is 1.90 bits per heavy atom. The molecule has 5 nitrogen and oxygen atoms in total. The van der Waals surface area contributed by atoms with E-state index < -0.39 is 0 Å². The lowest BCUT2D eigenvalue weighted by Crippen LogP contribution is -2.56. The number of benzene rings is 1. The van der Waals surface area contributed by atoms with Crippen molar-refractivity contribution in [2.24, 2.45) is 0 Å². The summed E-state index contributed by atoms with van der Waals surface area (Å²) in [5, 5.41) is 7.65. The van der Waals surface area contributed by atoms with Gasteiger partial charge in [0.25, 0.3) is 0 Å². The van der Waals surface area contributed by atoms with Gasteiger partial charge >= 0.3 is 6.03 Å². The summed E-state index contributed by atoms with van der Waals surface area (Å²) in [6.07, 6.45) is 4.26. The molecule has 2 aliphatic heterocycles. The Balaban J connectivity index is 1.62. The van der Waals surface area contributed by atoms with Crippen LogP contribution in [0.15, 0.2) is 40.0 Å². The second kappa shape index (κ2) is 8.80. The second-order valence-corrected chi connectivity index (χ2v) is 11.1. The maximum absolute atomic E-state index is 12.6. The van der Waals surface area contributed by atoms with E-state index in [2.05, 4.69) is 56.6 Å². The largest absolute Gasteiger partial charge is 0.379 e. The highest BCUT2D eigenvalue weighted by Gasteiger charge is 2.35. The molecular weight excluding hydrogens is 476 g/mol. The summed E-state index contributed by atoms with van der Waals surface area (Å²) >= 11 is 10.1. The highest BCUT2D eigenvalue weighted by Crippen LogP contribution is 2.40. The number of amides is 2. The number of piperazine rings is 1. The Kier molecular flexibility index (Phi) is 6.44. The van der Waals surface area contributed by atoms with E-state index in [4.69, 9.17) is 11.6 Å². The lowest BCUT2D eigenvalue weighted by molar-refractivity contribution is 0.113. The average molecular weight is 508 g/mol. The zero-order chi connectivity index (χ0) is 22.3. The molecular formula is C24H32BrClN4O. The van der Waals surface area contributed by atoms with Gasteiger partial charge in [-0.25, -0.2) is 4.79 Å². The fourth-order valence-corrected chi connectivity index (χ4v) is 5.26. The monoisotopic (exact) mass is 506 g/mol. The molecule has 0 saturated carbocycles. The Labute approximate surface area is 199 Å². The van der Waals surface area contributed by atoms with Crippen LogP contribution in [0.25, 0.3) is 0 Å². The molecule has 31 heavy (non-hydrogen) atoms. The first-order chi connectivity index (χ1) is 14.6. The van der Waals surface area contributed by atoms with Crippen molar-refractivity contribution >= 4 is 33.6 Å². The van der Waals surface area contributed by atoms with Crippen molar-refractivity contribution in [3.63, 3.8) is 0 Å². The van der Waals surface area contributed by atoms with Gasteiger partial charge in [-0.3, -0.25) is 4.90 Å². The van der Waals surface area contributed by atoms with Crippen LogP contribution in [0.3, 0.4) is 0 Å². The van der Waals surface area contributed by atoms with Crippen LogP contribution in [0.2, 0.25) is 5.02 Å². The second-order valence-electron chi connectivity index (χ2n) is 9.78. The van der Waals surface area contributed by atoms with Gasteiger partial charge in [0.15, 0.2) is 0 Å². The molecule has 1 aliphatic carbocycles. The highest BCUT2D eigenvalue weighted by molar-refractivity contribution is 9.11. The van der Waals surface area contributed by atoms with Crippen LogP contribution < -0.4 is 10.6 Å². The summed E-state index contributed by atoms with van der Waals surface area (Å²) in [6, 6.07) is 6.74. The summed E-state index contributed by atoms with van der Waals surface area (Å²) in [5.74, 6) is 0. The Morgan fingerprint density at radius 3 is 2.58 bits per heavy atom. The number of nitrogens with one attached hydrogen (secondary N) is 2. The smallest absolute Gasteiger partial charge is 0.317 e. The van der Waals surface area contributed by atoms with E-state index in [0.717, 1.165) is 44.0 Å². The van der Waals surface area contributed by atoms with Crippen LogP contribution in [0.1, 0.15) is 51.3 Å². The lowest BCUT2D eigenvalue weighted by atomic mass is 9.94. The van der Waals surface area contributed by atoms with Gasteiger partial charge < -0.3 is 15.5 Å². The molecule has 168 valence electrons. The van der Waals surface area contributed by atoms with Crippen LogP contribution in [0.5, 0.6) is 0 Å². The molecule has 4 rings (SSSR count). The first-order valence-corrected chi connectivity index (χ1v) is 12.3. The molecule has 1 aromatic carbocycles. The number of carbonyl (C=O) groups is 1. The molecule has 2 amide bonds. The fraction of sp³-hybridized carbons (Fsp3) is 0.542. The number of hydrogen-bond acceptors (Lipinski definition) is 3. The van der Waals surface area contributed by atoms with Crippen molar-refractivity contribution in [1.29, 1.82) is 0 Å². The van der Waals surface area contributed by atoms with Gasteiger partial charge in [0, 0.05) is 46.9 Å². The number of dihydropyridines is 1. The lowest BCUT2D eigenvalue weighted by Gasteiger charge is -2.42. The van der Waals surface area contributed by atoms with Gasteiger partial charge in [-0.1, -0.05) is 33.6 Å². The molecule has 2 atom stereocenters. The molecule has 2 heterocycles. The van der Waals surface area contributed by atoms with Crippen molar-refractivity contribution in [3.8, 4) is 0 Å². The number of fused-ring (bicyclic) bond motifs is 1. The maximum atomic E-state index is 12.6. The minimum atomic E-state index is -0.227. The fourth-order valence-electron chi connectivity index (χ4n) is 4.67. The van der Waals surface area contributed by atoms with E-state index >= 15 is 0 Å². The van der Waals surface area contributed by atoms with Crippen LogP contribution in [-0.2, 0) is 6.42 Å². The number of allylic oxidation sites excluding steroid dienone is 2. The van der Waals surface area contributed by atoms with Crippen molar-refractivity contribution in [3.05, 3.63) is 56.2 Å². The third kappa shape index (κ3) is 4.96. The Hall–Kier alpha value is -1.50. The Bertz CT molecular complexity index is 928. The van der Waals surface area contributed by atoms with Crippen molar-refractivity contribution in [2.75, 3.05) is 26.2 Å². The molecule has 1 saturated heterocycles. The van der Waals surface area contributed by atoms with E-state index in [1.165, 1.54) is 26.9 Å². The molecule has 2 N–H and O–H groups in total. The number of carbonyl (C=O) groups excluding carboxylic acids is 1. The van der Waals surface area contributed by atoms with Gasteiger partial charge in [0.05, 0.1) is 12.1 Å². The number of nitrogens with zero attached hydrogens (tertiary/aromatic N) is 2. The number of halogens is 2. The molecule has 0 spiro atoms. The zero-order valence-electron chi connectivity index (χ0n) is 18.8. The topological polar surface area (TPSA) is 47.6 Å². The molecule has 0 aromatic heterocycles. The van der Waals surface area contributed by atoms with Gasteiger partial charge in [0.1, 0.15) is 0 Å². The summed E-state index contributed by atoms with van der Waals surface area (Å²) in [6.45, 7) is 11.4. The van der Waals surface area contributed by atoms with E-state index in [1.807, 2.05) is 31.7 Å². The molecule has 2 unspecified atom stereocenters. The van der Waals surface area contributed by atoms with Gasteiger partial charge in [-0.2, -0.15) is 0 Å². The normalized spacial score (nSPS) is 24.6. The summed E-state index contributed by atoms with van der Waals surface area (Å²) in [5.41, 5.74) is 5.07. The molecule has 3 aliphatic rings. The van der Waals surface area contributed by atoms with Crippen LogP contribution >= 0.6 is 27.5 Å². The van der Waals surface area contributed by atoms with Gasteiger partial charge in [0.2, 0.25) is 0 Å². The number of hydrogen-bond donors (Lipinski definition) is 2. The van der Waals surface area contributed by atoms with E-state index in [-0.39, 0.29) is 23.7 Å². The number of urea groups is 1. The third-order valence-corrected chi connectivity index (χ3v) is 7.38. The predicted octanol–water partition coefficient (Wildman–Crippen LogP) is 4.98. The molecule has 1 fully saturated rings. The first kappa shape index (κ1) is 22.7. The first-order valence-electron chi connectivity index (χ1n) is 11.1. The van der Waals surface area contributed by atoms with Crippen molar-refractivity contribution in [1.82, 2.24) is 20.4 Å². The third-order valence-electron chi connectivity index (χ3n) is 6.23. The molecule has 7 heteroatoms. The van der Waals surface area contributed by atoms with Crippen molar-refractivity contribution < 1.29 is 4.79 Å². The van der Waals surface area contributed by atoms with Gasteiger partial charge in [-0.05, 0) is 75.4 Å². The highest BCUT2D eigenvalue weighted by atomic mass is 79.9. The summed E-state index contributed by atoms with van der Waals surface area (Å²) in [7, 11) is 0. The molecule has 0 radical (unpaired) electrons. The predicted molar refractivity (Wildman–Crippen MR) is 131 cm³/mol. The number of aryl methyl sites for hydroxylation is 1. The minimum Gasteiger partial charge on any atom is -0.379 e. The zero-order valence-corrected chi connectivity index (χ0v) is 21.1. The number of rotatable bonds is 1. The van der Waals surface area contributed by atoms with E-state index in [0.29, 0.717) is 0 Å². The Morgan fingerprint density at radius 1 is 1.19 bits per heavy atom. The quantitative estimate of drug-likeness (QED) is 0.564. The van der Waals surface area contributed by atoms with Gasteiger partial charge in [-0.15, -0.1) is 0 Å². The van der Waals surface area contributed by atoms with Crippen LogP contribution in [-0.4, -0.2) is 53.6 Å².